The fourth-order valence-corrected chi connectivity index (χ4v) is 6.18. The summed E-state index contributed by atoms with van der Waals surface area (Å²) in [7, 11) is 0. The zero-order chi connectivity index (χ0) is 29.1. The maximum atomic E-state index is 10.1. The van der Waals surface area contributed by atoms with Crippen LogP contribution in [0.1, 0.15) is 33.5 Å². The van der Waals surface area contributed by atoms with Crippen molar-refractivity contribution < 1.29 is 0 Å². The number of benzene rings is 4. The molecule has 0 atom stereocenters. The van der Waals surface area contributed by atoms with Gasteiger partial charge < -0.3 is 0 Å². The van der Waals surface area contributed by atoms with Crippen molar-refractivity contribution in [2.75, 3.05) is 0 Å². The number of hydrogen-bond acceptors (Lipinski definition) is 8. The first-order chi connectivity index (χ1) is 20.6. The maximum absolute atomic E-state index is 10.1. The lowest BCUT2D eigenvalue weighted by Gasteiger charge is -2.12. The van der Waals surface area contributed by atoms with Gasteiger partial charge in [-0.1, -0.05) is 48.5 Å². The highest BCUT2D eigenvalue weighted by Crippen LogP contribution is 2.57. The molecule has 0 amide bonds. The van der Waals surface area contributed by atoms with E-state index in [2.05, 4.69) is 22.3 Å². The first-order valence-corrected chi connectivity index (χ1v) is 12.5. The van der Waals surface area contributed by atoms with E-state index >= 15 is 0 Å². The zero-order valence-electron chi connectivity index (χ0n) is 21.4. The molecule has 0 fully saturated rings. The van der Waals surface area contributed by atoms with Gasteiger partial charge in [-0.05, 0) is 34.0 Å². The Bertz CT molecular complexity index is 2440. The van der Waals surface area contributed by atoms with Crippen molar-refractivity contribution >= 4 is 32.7 Å². The summed E-state index contributed by atoms with van der Waals surface area (Å²) in [5.41, 5.74) is 4.71. The van der Waals surface area contributed by atoms with E-state index in [-0.39, 0.29) is 22.4 Å². The third-order valence-electron chi connectivity index (χ3n) is 7.76. The molecule has 2 aliphatic rings. The van der Waals surface area contributed by atoms with Crippen molar-refractivity contribution in [2.45, 2.75) is 0 Å². The van der Waals surface area contributed by atoms with E-state index in [1.807, 2.05) is 72.8 Å². The van der Waals surface area contributed by atoms with Gasteiger partial charge in [0.25, 0.3) is 0 Å². The second kappa shape index (κ2) is 8.71. The van der Waals surface area contributed by atoms with Crippen LogP contribution >= 0.6 is 0 Å². The summed E-state index contributed by atoms with van der Waals surface area (Å²) in [6.45, 7) is 0. The Hall–Kier alpha value is -7.10. The molecule has 5 aromatic rings. The molecule has 1 heterocycles. The van der Waals surface area contributed by atoms with Crippen LogP contribution < -0.4 is 0 Å². The van der Waals surface area contributed by atoms with Crippen LogP contribution in [0.25, 0.3) is 55.1 Å². The van der Waals surface area contributed by atoms with Crippen LogP contribution in [0.3, 0.4) is 0 Å². The Labute approximate surface area is 238 Å². The third kappa shape index (κ3) is 2.88. The molecule has 0 bridgehead atoms. The Balaban J connectivity index is 1.77. The van der Waals surface area contributed by atoms with Crippen molar-refractivity contribution in [1.29, 1.82) is 31.6 Å². The number of hydrogen-bond donors (Lipinski definition) is 0. The molecule has 186 valence electrons. The largest absolute Gasteiger partial charge is 0.192 e. The van der Waals surface area contributed by atoms with E-state index in [0.29, 0.717) is 77.3 Å². The lowest BCUT2D eigenvalue weighted by Crippen LogP contribution is -1.99. The van der Waals surface area contributed by atoms with Gasteiger partial charge in [0.15, 0.2) is 0 Å². The van der Waals surface area contributed by atoms with Crippen LogP contribution in [-0.2, 0) is 0 Å². The summed E-state index contributed by atoms with van der Waals surface area (Å²) in [4.78, 5) is 0. The Morgan fingerprint density at radius 3 is 1.45 bits per heavy atom. The number of aromatic nitrogens is 2. The van der Waals surface area contributed by atoms with E-state index < -0.39 is 0 Å². The summed E-state index contributed by atoms with van der Waals surface area (Å²) >= 11 is 0. The van der Waals surface area contributed by atoms with Gasteiger partial charge in [0.1, 0.15) is 46.8 Å². The molecule has 2 aliphatic carbocycles. The topological polar surface area (TPSA) is 169 Å². The van der Waals surface area contributed by atoms with Gasteiger partial charge in [-0.15, -0.1) is 10.2 Å². The van der Waals surface area contributed by atoms with Gasteiger partial charge in [0.2, 0.25) is 0 Å². The third-order valence-corrected chi connectivity index (χ3v) is 7.76. The molecule has 1 aromatic heterocycles. The predicted molar refractivity (Wildman–Crippen MR) is 152 cm³/mol. The SMILES string of the molecule is N#CC(C#N)=C1c2cc(C#N)c3ccccc3c2-c2c1nnc1c2C(=C(C#N)C#N)c2cc(C#N)c3ccccc3c2-1. The minimum atomic E-state index is -0.206. The molecule has 7 rings (SSSR count). The molecule has 42 heavy (non-hydrogen) atoms. The van der Waals surface area contributed by atoms with Crippen molar-refractivity contribution in [2.24, 2.45) is 0 Å². The number of fused-ring (bicyclic) bond motifs is 11. The molecule has 0 aliphatic heterocycles. The molecule has 0 spiro atoms. The zero-order valence-corrected chi connectivity index (χ0v) is 21.4. The summed E-state index contributed by atoms with van der Waals surface area (Å²) in [6, 6.07) is 30.3. The average molecular weight is 531 g/mol. The highest BCUT2D eigenvalue weighted by molar-refractivity contribution is 6.21. The van der Waals surface area contributed by atoms with Gasteiger partial charge in [0, 0.05) is 44.2 Å². The number of rotatable bonds is 0. The molecular formula is C34H10N8. The lowest BCUT2D eigenvalue weighted by atomic mass is 9.89. The molecule has 8 nitrogen and oxygen atoms in total. The summed E-state index contributed by atoms with van der Waals surface area (Å²) < 4.78 is 0. The second-order valence-electron chi connectivity index (χ2n) is 9.60. The van der Waals surface area contributed by atoms with E-state index in [0.717, 1.165) is 0 Å². The van der Waals surface area contributed by atoms with Gasteiger partial charge >= 0.3 is 0 Å². The predicted octanol–water partition coefficient (Wildman–Crippen LogP) is 6.19. The van der Waals surface area contributed by atoms with Crippen molar-refractivity contribution in [3.8, 4) is 58.8 Å². The van der Waals surface area contributed by atoms with E-state index in [4.69, 9.17) is 0 Å². The standard InChI is InChI=1S/C34H10N8/c35-11-17-9-25-27(19(13-37)14-38)31-32-29-23-7-3-1-5-21(23)18(12-36)10-26(29)28(20(15-39)16-40)33(32)41-42-34(31)30(25)24-8-4-2-6-22(17)24/h1-10H. The average Bonchev–Trinajstić information content (AvgIpc) is 3.54. The highest BCUT2D eigenvalue weighted by atomic mass is 15.1. The Morgan fingerprint density at radius 1 is 0.476 bits per heavy atom. The van der Waals surface area contributed by atoms with Crippen LogP contribution in [0.15, 0.2) is 71.8 Å². The number of nitriles is 6. The molecular weight excluding hydrogens is 520 g/mol. The smallest absolute Gasteiger partial charge is 0.139 e. The van der Waals surface area contributed by atoms with Crippen LogP contribution in [0.5, 0.6) is 0 Å². The minimum Gasteiger partial charge on any atom is -0.192 e. The van der Waals surface area contributed by atoms with Gasteiger partial charge in [0.05, 0.1) is 23.3 Å². The summed E-state index contributed by atoms with van der Waals surface area (Å²) in [5.74, 6) is 0. The van der Waals surface area contributed by atoms with Gasteiger partial charge in [-0.2, -0.15) is 31.6 Å². The van der Waals surface area contributed by atoms with E-state index in [9.17, 15) is 31.6 Å². The van der Waals surface area contributed by atoms with E-state index in [1.54, 1.807) is 12.1 Å². The number of allylic oxidation sites excluding steroid dienone is 2. The Kier molecular flexibility index (Phi) is 4.97. The lowest BCUT2D eigenvalue weighted by molar-refractivity contribution is 1.03. The fraction of sp³-hybridized carbons (Fsp3) is 0. The first kappa shape index (κ1) is 24.0. The van der Waals surface area contributed by atoms with Crippen LogP contribution in [0.2, 0.25) is 0 Å². The van der Waals surface area contributed by atoms with Crippen LogP contribution in [-0.4, -0.2) is 10.2 Å². The highest BCUT2D eigenvalue weighted by Gasteiger charge is 2.40. The van der Waals surface area contributed by atoms with Crippen molar-refractivity contribution in [1.82, 2.24) is 10.2 Å². The summed E-state index contributed by atoms with van der Waals surface area (Å²) in [5, 5.41) is 72.0. The minimum absolute atomic E-state index is 0.179. The quantitative estimate of drug-likeness (QED) is 0.209. The molecule has 0 radical (unpaired) electrons. The molecule has 0 unspecified atom stereocenters. The van der Waals surface area contributed by atoms with Crippen LogP contribution in [0, 0.1) is 68.0 Å². The van der Waals surface area contributed by atoms with Crippen molar-refractivity contribution in [3.63, 3.8) is 0 Å². The summed E-state index contributed by atoms with van der Waals surface area (Å²) in [6.07, 6.45) is 0. The Morgan fingerprint density at radius 2 is 0.929 bits per heavy atom. The maximum Gasteiger partial charge on any atom is 0.139 e. The molecule has 0 saturated carbocycles. The second-order valence-corrected chi connectivity index (χ2v) is 9.60. The molecule has 4 aromatic carbocycles. The molecule has 0 N–H and O–H groups in total. The van der Waals surface area contributed by atoms with Crippen molar-refractivity contribution in [3.05, 3.63) is 105 Å². The van der Waals surface area contributed by atoms with Crippen LogP contribution in [0.4, 0.5) is 0 Å². The fourth-order valence-electron chi connectivity index (χ4n) is 6.18. The van der Waals surface area contributed by atoms with Gasteiger partial charge in [-0.25, -0.2) is 0 Å². The van der Waals surface area contributed by atoms with E-state index in [1.165, 1.54) is 0 Å². The monoisotopic (exact) mass is 530 g/mol. The first-order valence-electron chi connectivity index (χ1n) is 12.5. The number of nitrogens with zero attached hydrogens (tertiary/aromatic N) is 8. The van der Waals surface area contributed by atoms with Gasteiger partial charge in [-0.3, -0.25) is 0 Å². The molecule has 0 saturated heterocycles. The molecule has 8 heteroatoms. The normalized spacial score (nSPS) is 11.6.